The molecule has 0 aliphatic carbocycles. The zero-order valence-corrected chi connectivity index (χ0v) is 24.0. The van der Waals surface area contributed by atoms with Crippen LogP contribution in [0.4, 0.5) is 46.7 Å². The fourth-order valence-corrected chi connectivity index (χ4v) is 4.58. The third-order valence-electron chi connectivity index (χ3n) is 6.96. The second kappa shape index (κ2) is 13.1. The molecule has 1 aliphatic heterocycles. The van der Waals surface area contributed by atoms with Crippen LogP contribution < -0.4 is 20.5 Å². The number of amides is 3. The number of ether oxygens (including phenoxy) is 1. The number of carbonyl (C=O) groups is 2. The zero-order chi connectivity index (χ0) is 31.3. The predicted octanol–water partition coefficient (Wildman–Crippen LogP) is 6.11. The highest BCUT2D eigenvalue weighted by Crippen LogP contribution is 2.31. The van der Waals surface area contributed by atoms with Gasteiger partial charge in [0, 0.05) is 43.1 Å². The minimum atomic E-state index is -4.57. The second-order valence-electron chi connectivity index (χ2n) is 10.00. The summed E-state index contributed by atoms with van der Waals surface area (Å²) >= 11 is 0. The van der Waals surface area contributed by atoms with Gasteiger partial charge in [-0.25, -0.2) is 19.8 Å². The molecule has 0 saturated carbocycles. The summed E-state index contributed by atoms with van der Waals surface area (Å²) in [5.41, 5.74) is 1.23. The van der Waals surface area contributed by atoms with Crippen LogP contribution in [0.15, 0.2) is 85.2 Å². The Kier molecular flexibility index (Phi) is 9.07. The maximum absolute atomic E-state index is 13.3. The average Bonchev–Trinajstić information content (AvgIpc) is 3.03. The molecule has 0 atom stereocenters. The number of anilines is 5. The van der Waals surface area contributed by atoms with E-state index in [1.165, 1.54) is 29.4 Å². The number of morpholine rings is 1. The lowest BCUT2D eigenvalue weighted by molar-refractivity contribution is -0.137. The van der Waals surface area contributed by atoms with Crippen molar-refractivity contribution in [2.75, 3.05) is 53.9 Å². The van der Waals surface area contributed by atoms with E-state index < -0.39 is 23.7 Å². The average molecular weight is 606 g/mol. The molecule has 0 bridgehead atoms. The Balaban J connectivity index is 1.32. The lowest BCUT2D eigenvalue weighted by Gasteiger charge is -2.38. The summed E-state index contributed by atoms with van der Waals surface area (Å²) in [6.45, 7) is 4.23. The first-order valence-electron chi connectivity index (χ1n) is 13.7. The summed E-state index contributed by atoms with van der Waals surface area (Å²) in [4.78, 5) is 36.2. The van der Waals surface area contributed by atoms with E-state index in [2.05, 4.69) is 25.6 Å². The molecule has 1 fully saturated rings. The predicted molar refractivity (Wildman–Crippen MR) is 161 cm³/mol. The Labute approximate surface area is 252 Å². The van der Waals surface area contributed by atoms with Gasteiger partial charge in [0.05, 0.1) is 24.5 Å². The van der Waals surface area contributed by atoms with Crippen molar-refractivity contribution in [2.45, 2.75) is 13.1 Å². The zero-order valence-electron chi connectivity index (χ0n) is 24.0. The van der Waals surface area contributed by atoms with Crippen LogP contribution in [0.5, 0.6) is 0 Å². The van der Waals surface area contributed by atoms with Crippen molar-refractivity contribution >= 4 is 40.6 Å². The Morgan fingerprint density at radius 2 is 1.61 bits per heavy atom. The number of aryl methyl sites for hydroxylation is 1. The van der Waals surface area contributed by atoms with E-state index in [4.69, 9.17) is 4.74 Å². The maximum atomic E-state index is 13.3. The van der Waals surface area contributed by atoms with E-state index in [9.17, 15) is 22.8 Å². The molecule has 1 aromatic heterocycles. The van der Waals surface area contributed by atoms with Gasteiger partial charge in [-0.2, -0.15) is 13.2 Å². The van der Waals surface area contributed by atoms with Gasteiger partial charge >= 0.3 is 12.2 Å². The van der Waals surface area contributed by atoms with Crippen LogP contribution in [0.3, 0.4) is 0 Å². The molecular formula is C31H30F3N7O3. The van der Waals surface area contributed by atoms with Gasteiger partial charge in [0.25, 0.3) is 5.91 Å². The fraction of sp³-hybridized carbons (Fsp3) is 0.226. The number of para-hydroxylation sites is 1. The molecule has 0 radical (unpaired) electrons. The summed E-state index contributed by atoms with van der Waals surface area (Å²) in [6, 6.07) is 19.9. The molecule has 0 spiro atoms. The third-order valence-corrected chi connectivity index (χ3v) is 6.96. The smallest absolute Gasteiger partial charge is 0.379 e. The number of halogens is 3. The maximum Gasteiger partial charge on any atom is 0.416 e. The van der Waals surface area contributed by atoms with E-state index in [1.54, 1.807) is 32.2 Å². The standard InChI is InChI=1S/C31H30F3N7O3/c1-21-11-12-24(37-29(42)22-7-6-8-23(17-22)31(32,33)34)18-26(21)38-30(43)39(2)27-19-28(36-20-35-27)41(25-9-4-3-5-10-25)40-13-15-44-16-14-40/h3-12,17-20H,13-16H2,1-2H3,(H,37,42)(H,38,43). The molecular weight excluding hydrogens is 575 g/mol. The molecule has 2 N–H and O–H groups in total. The third kappa shape index (κ3) is 7.13. The number of urea groups is 1. The van der Waals surface area contributed by atoms with Crippen LogP contribution in [0.2, 0.25) is 0 Å². The molecule has 228 valence electrons. The molecule has 1 saturated heterocycles. The van der Waals surface area contributed by atoms with Crippen molar-refractivity contribution in [2.24, 2.45) is 0 Å². The summed E-state index contributed by atoms with van der Waals surface area (Å²) in [5, 5.41) is 9.51. The van der Waals surface area contributed by atoms with Gasteiger partial charge in [0.15, 0.2) is 5.82 Å². The molecule has 3 amide bonds. The Bertz CT molecular complexity index is 1630. The number of hydrogen-bond donors (Lipinski definition) is 2. The second-order valence-corrected chi connectivity index (χ2v) is 10.00. The molecule has 44 heavy (non-hydrogen) atoms. The summed E-state index contributed by atoms with van der Waals surface area (Å²) < 4.78 is 44.8. The highest BCUT2D eigenvalue weighted by Gasteiger charge is 2.31. The highest BCUT2D eigenvalue weighted by molar-refractivity contribution is 6.05. The molecule has 10 nitrogen and oxygen atoms in total. The number of nitrogens with one attached hydrogen (secondary N) is 2. The van der Waals surface area contributed by atoms with Crippen molar-refractivity contribution in [3.63, 3.8) is 0 Å². The number of nitrogens with zero attached hydrogens (tertiary/aromatic N) is 5. The largest absolute Gasteiger partial charge is 0.416 e. The van der Waals surface area contributed by atoms with Crippen LogP contribution >= 0.6 is 0 Å². The molecule has 1 aliphatic rings. The minimum absolute atomic E-state index is 0.146. The van der Waals surface area contributed by atoms with Gasteiger partial charge in [-0.15, -0.1) is 0 Å². The van der Waals surface area contributed by atoms with Crippen molar-refractivity contribution in [1.82, 2.24) is 15.0 Å². The molecule has 0 unspecified atom stereocenters. The molecule has 5 rings (SSSR count). The molecule has 13 heteroatoms. The number of benzene rings is 3. The SMILES string of the molecule is Cc1ccc(NC(=O)c2cccc(C(F)(F)F)c2)cc1NC(=O)N(C)c1cc(N(c2ccccc2)N2CCOCC2)ncn1. The van der Waals surface area contributed by atoms with E-state index >= 15 is 0 Å². The molecule has 4 aromatic rings. The number of aromatic nitrogens is 2. The molecule has 2 heterocycles. The van der Waals surface area contributed by atoms with Crippen LogP contribution in [0, 0.1) is 6.92 Å². The summed E-state index contributed by atoms with van der Waals surface area (Å²) in [6.07, 6.45) is -3.18. The quantitative estimate of drug-likeness (QED) is 0.262. The number of rotatable bonds is 7. The topological polar surface area (TPSA) is 103 Å². The Morgan fingerprint density at radius 1 is 0.886 bits per heavy atom. The van der Waals surface area contributed by atoms with Crippen LogP contribution in [-0.4, -0.2) is 60.3 Å². The van der Waals surface area contributed by atoms with Gasteiger partial charge in [0.1, 0.15) is 12.1 Å². The van der Waals surface area contributed by atoms with Gasteiger partial charge < -0.3 is 15.4 Å². The lowest BCUT2D eigenvalue weighted by atomic mass is 10.1. The van der Waals surface area contributed by atoms with E-state index in [0.717, 1.165) is 17.8 Å². The van der Waals surface area contributed by atoms with Crippen LogP contribution in [0.1, 0.15) is 21.5 Å². The number of alkyl halides is 3. The molecule has 3 aromatic carbocycles. The van der Waals surface area contributed by atoms with Crippen molar-refractivity contribution in [3.05, 3.63) is 102 Å². The van der Waals surface area contributed by atoms with E-state index in [-0.39, 0.29) is 5.56 Å². The fourth-order valence-electron chi connectivity index (χ4n) is 4.58. The Hall–Kier alpha value is -5.01. The first-order chi connectivity index (χ1) is 21.1. The van der Waals surface area contributed by atoms with E-state index in [0.29, 0.717) is 54.9 Å². The normalized spacial score (nSPS) is 13.7. The summed E-state index contributed by atoms with van der Waals surface area (Å²) in [5.74, 6) is 0.192. The van der Waals surface area contributed by atoms with Crippen molar-refractivity contribution in [3.8, 4) is 0 Å². The van der Waals surface area contributed by atoms with Crippen molar-refractivity contribution in [1.29, 1.82) is 0 Å². The monoisotopic (exact) mass is 605 g/mol. The lowest BCUT2D eigenvalue weighted by Crippen LogP contribution is -2.47. The number of carbonyl (C=O) groups excluding carboxylic acids is 2. The van der Waals surface area contributed by atoms with Gasteiger partial charge in [-0.05, 0) is 55.0 Å². The van der Waals surface area contributed by atoms with Crippen LogP contribution in [0.25, 0.3) is 0 Å². The Morgan fingerprint density at radius 3 is 2.34 bits per heavy atom. The van der Waals surface area contributed by atoms with Gasteiger partial charge in [-0.3, -0.25) is 14.7 Å². The van der Waals surface area contributed by atoms with Crippen molar-refractivity contribution < 1.29 is 27.5 Å². The van der Waals surface area contributed by atoms with Gasteiger partial charge in [0.2, 0.25) is 0 Å². The van der Waals surface area contributed by atoms with E-state index in [1.807, 2.05) is 35.3 Å². The first-order valence-corrected chi connectivity index (χ1v) is 13.7. The summed E-state index contributed by atoms with van der Waals surface area (Å²) in [7, 11) is 1.57. The van der Waals surface area contributed by atoms with Crippen LogP contribution in [-0.2, 0) is 10.9 Å². The first kappa shape index (κ1) is 30.4. The minimum Gasteiger partial charge on any atom is -0.379 e. The highest BCUT2D eigenvalue weighted by atomic mass is 19.4. The number of hydrazine groups is 1. The van der Waals surface area contributed by atoms with Gasteiger partial charge in [-0.1, -0.05) is 30.3 Å². The number of hydrogen-bond acceptors (Lipinski definition) is 7.